The van der Waals surface area contributed by atoms with Gasteiger partial charge in [0.15, 0.2) is 0 Å². The lowest BCUT2D eigenvalue weighted by Crippen LogP contribution is -2.31. The smallest absolute Gasteiger partial charge is 0.416 e. The van der Waals surface area contributed by atoms with E-state index in [1.165, 1.54) is 48.7 Å². The Kier molecular flexibility index (Phi) is 5.99. The first-order valence-electron chi connectivity index (χ1n) is 8.19. The monoisotopic (exact) mass is 456 g/mol. The molecule has 1 N–H and O–H groups in total. The molecule has 0 aliphatic carbocycles. The van der Waals surface area contributed by atoms with Crippen molar-refractivity contribution in [3.05, 3.63) is 83.0 Å². The van der Waals surface area contributed by atoms with Gasteiger partial charge in [0.05, 0.1) is 10.5 Å². The van der Waals surface area contributed by atoms with Crippen LogP contribution in [0, 0.1) is 0 Å². The lowest BCUT2D eigenvalue weighted by atomic mass is 10.2. The number of nitrogens with one attached hydrogen (secondary N) is 1. The van der Waals surface area contributed by atoms with E-state index in [1.807, 2.05) is 4.72 Å². The molecule has 0 bridgehead atoms. The van der Waals surface area contributed by atoms with Crippen LogP contribution in [0.4, 0.5) is 13.2 Å². The second-order valence-electron chi connectivity index (χ2n) is 5.87. The van der Waals surface area contributed by atoms with Crippen LogP contribution in [-0.2, 0) is 16.2 Å². The molecule has 0 saturated heterocycles. The number of nitrogens with zero attached hydrogens (tertiary/aromatic N) is 1. The number of pyridine rings is 1. The highest BCUT2D eigenvalue weighted by Crippen LogP contribution is 2.33. The summed E-state index contributed by atoms with van der Waals surface area (Å²) in [7, 11) is -4.23. The van der Waals surface area contributed by atoms with Crippen LogP contribution in [-0.4, -0.2) is 19.3 Å². The van der Waals surface area contributed by atoms with Gasteiger partial charge in [-0.25, -0.2) is 18.1 Å². The predicted octanol–water partition coefficient (Wildman–Crippen LogP) is 4.66. The van der Waals surface area contributed by atoms with Crippen LogP contribution in [0.1, 0.15) is 15.9 Å². The van der Waals surface area contributed by atoms with Crippen molar-refractivity contribution in [3.8, 4) is 11.6 Å². The zero-order valence-corrected chi connectivity index (χ0v) is 16.4. The molecule has 0 aliphatic heterocycles. The van der Waals surface area contributed by atoms with Gasteiger partial charge >= 0.3 is 6.18 Å². The average Bonchev–Trinajstić information content (AvgIpc) is 2.68. The topological polar surface area (TPSA) is 85.4 Å². The maximum absolute atomic E-state index is 12.9. The van der Waals surface area contributed by atoms with E-state index >= 15 is 0 Å². The third kappa shape index (κ3) is 5.08. The molecule has 0 atom stereocenters. The van der Waals surface area contributed by atoms with E-state index < -0.39 is 27.7 Å². The molecular weight excluding hydrogens is 445 g/mol. The number of hydrogen-bond acceptors (Lipinski definition) is 5. The summed E-state index contributed by atoms with van der Waals surface area (Å²) in [6.07, 6.45) is -3.34. The zero-order chi connectivity index (χ0) is 21.9. The first-order valence-corrected chi connectivity index (χ1v) is 10.1. The third-order valence-corrected chi connectivity index (χ3v) is 5.34. The van der Waals surface area contributed by atoms with Crippen LogP contribution in [0.25, 0.3) is 0 Å². The van der Waals surface area contributed by atoms with Gasteiger partial charge in [-0.2, -0.15) is 13.2 Å². The van der Waals surface area contributed by atoms with E-state index in [1.54, 1.807) is 0 Å². The Balaban J connectivity index is 1.86. The highest BCUT2D eigenvalue weighted by Gasteiger charge is 2.31. The molecule has 0 aliphatic rings. The minimum atomic E-state index is -4.59. The van der Waals surface area contributed by atoms with Gasteiger partial charge in [0, 0.05) is 11.2 Å². The van der Waals surface area contributed by atoms with Gasteiger partial charge in [-0.1, -0.05) is 17.7 Å². The molecule has 1 aromatic heterocycles. The van der Waals surface area contributed by atoms with Gasteiger partial charge in [0.25, 0.3) is 15.9 Å². The summed E-state index contributed by atoms with van der Waals surface area (Å²) >= 11 is 5.72. The van der Waals surface area contributed by atoms with E-state index in [-0.39, 0.29) is 22.1 Å². The average molecular weight is 457 g/mol. The number of carbonyl (C=O) groups excluding carboxylic acids is 1. The van der Waals surface area contributed by atoms with Crippen LogP contribution in [0.5, 0.6) is 11.6 Å². The number of alkyl halides is 3. The predicted molar refractivity (Wildman–Crippen MR) is 102 cm³/mol. The lowest BCUT2D eigenvalue weighted by Gasteiger charge is -2.12. The maximum atomic E-state index is 12.9. The summed E-state index contributed by atoms with van der Waals surface area (Å²) < 4.78 is 70.6. The molecule has 0 spiro atoms. The molecular formula is C19H12ClF3N2O4S. The Bertz CT molecular complexity index is 1180. The van der Waals surface area contributed by atoms with E-state index in [2.05, 4.69) is 4.98 Å². The second-order valence-corrected chi connectivity index (χ2v) is 7.99. The van der Waals surface area contributed by atoms with E-state index in [4.69, 9.17) is 16.3 Å². The van der Waals surface area contributed by atoms with Crippen molar-refractivity contribution in [3.63, 3.8) is 0 Å². The second kappa shape index (κ2) is 8.33. The largest absolute Gasteiger partial charge is 0.438 e. The van der Waals surface area contributed by atoms with Gasteiger partial charge in [-0.15, -0.1) is 0 Å². The van der Waals surface area contributed by atoms with Crippen molar-refractivity contribution < 1.29 is 31.1 Å². The Morgan fingerprint density at radius 3 is 2.40 bits per heavy atom. The maximum Gasteiger partial charge on any atom is 0.416 e. The SMILES string of the molecule is O=C(NS(=O)(=O)c1ccc(Cl)cc1)c1cccnc1Oc1cccc(C(F)(F)F)c1. The molecule has 3 rings (SSSR count). The van der Waals surface area contributed by atoms with Crippen molar-refractivity contribution in [1.29, 1.82) is 0 Å². The quantitative estimate of drug-likeness (QED) is 0.603. The van der Waals surface area contributed by atoms with E-state index in [0.29, 0.717) is 5.02 Å². The number of halogens is 4. The van der Waals surface area contributed by atoms with Crippen molar-refractivity contribution in [1.82, 2.24) is 9.71 Å². The van der Waals surface area contributed by atoms with E-state index in [0.717, 1.165) is 18.2 Å². The Hall–Kier alpha value is -3.11. The highest BCUT2D eigenvalue weighted by molar-refractivity contribution is 7.90. The minimum absolute atomic E-state index is 0.204. The number of benzene rings is 2. The summed E-state index contributed by atoms with van der Waals surface area (Å²) in [5.41, 5.74) is -1.24. The molecule has 1 amide bonds. The summed E-state index contributed by atoms with van der Waals surface area (Å²) in [5.74, 6) is -1.65. The van der Waals surface area contributed by atoms with Crippen molar-refractivity contribution in [2.75, 3.05) is 0 Å². The fourth-order valence-electron chi connectivity index (χ4n) is 2.34. The Labute approximate surface area is 174 Å². The fraction of sp³-hybridized carbons (Fsp3) is 0.0526. The molecule has 11 heteroatoms. The summed E-state index contributed by atoms with van der Waals surface area (Å²) in [4.78, 5) is 16.1. The number of amides is 1. The number of hydrogen-bond donors (Lipinski definition) is 1. The van der Waals surface area contributed by atoms with Crippen molar-refractivity contribution in [2.45, 2.75) is 11.1 Å². The fourth-order valence-corrected chi connectivity index (χ4v) is 3.43. The molecule has 156 valence electrons. The minimum Gasteiger partial charge on any atom is -0.438 e. The molecule has 3 aromatic rings. The summed E-state index contributed by atoms with van der Waals surface area (Å²) in [6.45, 7) is 0. The molecule has 1 heterocycles. The number of aromatic nitrogens is 1. The molecule has 0 saturated carbocycles. The molecule has 2 aromatic carbocycles. The summed E-state index contributed by atoms with van der Waals surface area (Å²) in [5, 5.41) is 0.310. The van der Waals surface area contributed by atoms with Gasteiger partial charge < -0.3 is 4.74 Å². The molecule has 0 radical (unpaired) electrons. The zero-order valence-electron chi connectivity index (χ0n) is 14.9. The number of carbonyl (C=O) groups is 1. The summed E-state index contributed by atoms with van der Waals surface area (Å²) in [6, 6.07) is 11.6. The number of sulfonamides is 1. The van der Waals surface area contributed by atoms with Gasteiger partial charge in [-0.3, -0.25) is 4.79 Å². The van der Waals surface area contributed by atoms with Crippen LogP contribution < -0.4 is 9.46 Å². The first-order chi connectivity index (χ1) is 14.1. The Morgan fingerprint density at radius 1 is 1.03 bits per heavy atom. The molecule has 0 unspecified atom stereocenters. The van der Waals surface area contributed by atoms with Crippen molar-refractivity contribution >= 4 is 27.5 Å². The van der Waals surface area contributed by atoms with Crippen LogP contribution in [0.15, 0.2) is 71.8 Å². The van der Waals surface area contributed by atoms with Gasteiger partial charge in [-0.05, 0) is 54.6 Å². The molecule has 30 heavy (non-hydrogen) atoms. The number of ether oxygens (including phenoxy) is 1. The van der Waals surface area contributed by atoms with E-state index in [9.17, 15) is 26.4 Å². The van der Waals surface area contributed by atoms with Crippen molar-refractivity contribution in [2.24, 2.45) is 0 Å². The first kappa shape index (κ1) is 21.6. The van der Waals surface area contributed by atoms with Crippen LogP contribution >= 0.6 is 11.6 Å². The standard InChI is InChI=1S/C19H12ClF3N2O4S/c20-13-6-8-15(9-7-13)30(27,28)25-17(26)16-5-2-10-24-18(16)29-14-4-1-3-12(11-14)19(21,22)23/h1-11H,(H,25,26). The molecule has 6 nitrogen and oxygen atoms in total. The third-order valence-electron chi connectivity index (χ3n) is 3.74. The lowest BCUT2D eigenvalue weighted by molar-refractivity contribution is -0.137. The molecule has 0 fully saturated rings. The van der Waals surface area contributed by atoms with Gasteiger partial charge in [0.2, 0.25) is 5.88 Å². The highest BCUT2D eigenvalue weighted by atomic mass is 35.5. The Morgan fingerprint density at radius 2 is 1.73 bits per heavy atom. The number of rotatable bonds is 5. The normalized spacial score (nSPS) is 11.7. The van der Waals surface area contributed by atoms with Gasteiger partial charge in [0.1, 0.15) is 11.3 Å². The van der Waals surface area contributed by atoms with Crippen LogP contribution in [0.3, 0.4) is 0 Å². The van der Waals surface area contributed by atoms with Crippen LogP contribution in [0.2, 0.25) is 5.02 Å².